The maximum Gasteiger partial charge on any atom is 0.200 e. The molecule has 5 aliphatic rings. The van der Waals surface area contributed by atoms with E-state index < -0.39 is 17.1 Å². The molecule has 1 saturated heterocycles. The summed E-state index contributed by atoms with van der Waals surface area (Å²) < 4.78 is 13.1. The van der Waals surface area contributed by atoms with Gasteiger partial charge in [-0.05, 0) is 54.1 Å². The van der Waals surface area contributed by atoms with Crippen LogP contribution in [0.2, 0.25) is 0 Å². The van der Waals surface area contributed by atoms with Crippen LogP contribution in [0.25, 0.3) is 0 Å². The molecule has 5 atom stereocenters. The second kappa shape index (κ2) is 8.32. The lowest BCUT2D eigenvalue weighted by Crippen LogP contribution is -2.74. The number of hydrogen-bond acceptors (Lipinski definition) is 7. The van der Waals surface area contributed by atoms with Crippen LogP contribution < -0.4 is 4.74 Å². The van der Waals surface area contributed by atoms with Crippen LogP contribution in [0.1, 0.15) is 50.0 Å². The quantitative estimate of drug-likeness (QED) is 0.579. The molecule has 6 rings (SSSR count). The summed E-state index contributed by atoms with van der Waals surface area (Å²) in [7, 11) is 3.93. The first-order valence-corrected chi connectivity index (χ1v) is 12.6. The van der Waals surface area contributed by atoms with Gasteiger partial charge in [-0.25, -0.2) is 0 Å². The van der Waals surface area contributed by atoms with Gasteiger partial charge >= 0.3 is 0 Å². The molecule has 2 N–H and O–H groups in total. The first-order chi connectivity index (χ1) is 16.9. The molecular formula is C29H35NO6. The Morgan fingerprint density at radius 2 is 1.83 bits per heavy atom. The highest BCUT2D eigenvalue weighted by Crippen LogP contribution is 2.65. The highest BCUT2D eigenvalue weighted by Gasteiger charge is 2.79. The molecule has 192 valence electrons. The maximum absolute atomic E-state index is 14.1. The van der Waals surface area contributed by atoms with Crippen LogP contribution in [0, 0.1) is 17.8 Å². The summed E-state index contributed by atoms with van der Waals surface area (Å²) in [5.41, 5.74) is 0.155. The Balaban J connectivity index is 1.73. The van der Waals surface area contributed by atoms with Gasteiger partial charge in [-0.1, -0.05) is 29.4 Å². The van der Waals surface area contributed by atoms with Crippen molar-refractivity contribution >= 4 is 11.6 Å². The number of aromatic hydroxyl groups is 2. The number of allylic oxidation sites excluding steroid dienone is 4. The SMILES string of the molecule is CC(C)=CCc1c(O)cc2c(c1O)C(=O)C1=C[C@H]3C(=O)[C@]4(CC=C(C)C)OC[C@H]([C@H]3CN(C)C)[C@]14O2. The monoisotopic (exact) mass is 493 g/mol. The average molecular weight is 494 g/mol. The van der Waals surface area contributed by atoms with Crippen LogP contribution in [0.15, 0.2) is 41.0 Å². The van der Waals surface area contributed by atoms with Crippen LogP contribution >= 0.6 is 0 Å². The van der Waals surface area contributed by atoms with Crippen molar-refractivity contribution in [3.63, 3.8) is 0 Å². The number of phenolic OH excluding ortho intramolecular Hbond substituents is 2. The Morgan fingerprint density at radius 3 is 2.47 bits per heavy atom. The van der Waals surface area contributed by atoms with Gasteiger partial charge in [0.2, 0.25) is 0 Å². The van der Waals surface area contributed by atoms with Crippen LogP contribution in [0.4, 0.5) is 0 Å². The van der Waals surface area contributed by atoms with Gasteiger partial charge in [-0.15, -0.1) is 0 Å². The Hall–Kier alpha value is -2.90. The van der Waals surface area contributed by atoms with Crippen molar-refractivity contribution in [1.82, 2.24) is 4.90 Å². The Labute approximate surface area is 212 Å². The third kappa shape index (κ3) is 3.18. The lowest BCUT2D eigenvalue weighted by molar-refractivity contribution is -0.170. The zero-order valence-corrected chi connectivity index (χ0v) is 21.8. The van der Waals surface area contributed by atoms with Crippen molar-refractivity contribution in [1.29, 1.82) is 0 Å². The van der Waals surface area contributed by atoms with E-state index in [2.05, 4.69) is 0 Å². The van der Waals surface area contributed by atoms with Gasteiger partial charge in [0, 0.05) is 42.0 Å². The Bertz CT molecular complexity index is 1250. The summed E-state index contributed by atoms with van der Waals surface area (Å²) in [6.45, 7) is 8.73. The zero-order valence-electron chi connectivity index (χ0n) is 21.8. The molecule has 3 aliphatic carbocycles. The minimum Gasteiger partial charge on any atom is -0.507 e. The third-order valence-electron chi connectivity index (χ3n) is 8.23. The van der Waals surface area contributed by atoms with E-state index in [1.165, 1.54) is 6.07 Å². The fourth-order valence-electron chi connectivity index (χ4n) is 6.64. The summed E-state index contributed by atoms with van der Waals surface area (Å²) in [6.07, 6.45) is 6.20. The first kappa shape index (κ1) is 24.8. The van der Waals surface area contributed by atoms with Gasteiger partial charge in [0.25, 0.3) is 0 Å². The van der Waals surface area contributed by atoms with Gasteiger partial charge in [-0.3, -0.25) is 9.59 Å². The minimum absolute atomic E-state index is 0.0442. The van der Waals surface area contributed by atoms with E-state index in [4.69, 9.17) is 9.47 Å². The summed E-state index contributed by atoms with van der Waals surface area (Å²) in [5.74, 6) is -1.51. The highest BCUT2D eigenvalue weighted by molar-refractivity contribution is 6.18. The molecule has 0 amide bonds. The standard InChI is InChI=1S/C29H35NO6/c1-15(2)7-8-17-22(31)12-23-24(25(17)32)26(33)20-11-18-19(13-30(5)6)21-14-35-28(27(18)34,10-9-16(3)4)29(20,21)36-23/h7,9,11-12,18-19,21,31-32H,8,10,13-14H2,1-6H3/t18-,19+,21-,28+,29-/m1/s1. The van der Waals surface area contributed by atoms with Crippen molar-refractivity contribution in [3.8, 4) is 17.2 Å². The molecule has 36 heavy (non-hydrogen) atoms. The fourth-order valence-corrected chi connectivity index (χ4v) is 6.64. The average Bonchev–Trinajstić information content (AvgIpc) is 3.06. The number of nitrogens with zero attached hydrogens (tertiary/aromatic N) is 1. The number of ether oxygens (including phenoxy) is 2. The van der Waals surface area contributed by atoms with Gasteiger partial charge in [-0.2, -0.15) is 0 Å². The largest absolute Gasteiger partial charge is 0.507 e. The summed E-state index contributed by atoms with van der Waals surface area (Å²) in [6, 6.07) is 1.41. The molecule has 7 nitrogen and oxygen atoms in total. The van der Waals surface area contributed by atoms with E-state index in [0.29, 0.717) is 25.1 Å². The minimum atomic E-state index is -1.33. The van der Waals surface area contributed by atoms with Crippen molar-refractivity contribution in [3.05, 3.63) is 52.1 Å². The molecule has 2 fully saturated rings. The number of fused-ring (bicyclic) bond motifs is 1. The topological polar surface area (TPSA) is 96.3 Å². The van der Waals surface area contributed by atoms with Crippen molar-refractivity contribution in [2.75, 3.05) is 27.2 Å². The van der Waals surface area contributed by atoms with E-state index in [1.54, 1.807) is 6.08 Å². The van der Waals surface area contributed by atoms with Crippen molar-refractivity contribution in [2.45, 2.75) is 51.7 Å². The molecule has 1 aromatic rings. The molecule has 4 bridgehead atoms. The van der Waals surface area contributed by atoms with E-state index in [9.17, 15) is 19.8 Å². The van der Waals surface area contributed by atoms with E-state index in [-0.39, 0.29) is 58.2 Å². The van der Waals surface area contributed by atoms with Gasteiger partial charge in [0.1, 0.15) is 22.8 Å². The van der Waals surface area contributed by atoms with E-state index in [0.717, 1.165) is 11.1 Å². The second-order valence-corrected chi connectivity index (χ2v) is 11.4. The highest BCUT2D eigenvalue weighted by atomic mass is 16.6. The van der Waals surface area contributed by atoms with Gasteiger partial charge in [0.15, 0.2) is 22.8 Å². The molecular weight excluding hydrogens is 458 g/mol. The first-order valence-electron chi connectivity index (χ1n) is 12.6. The summed E-state index contributed by atoms with van der Waals surface area (Å²) in [5, 5.41) is 21.9. The molecule has 0 aromatic heterocycles. The molecule has 7 heteroatoms. The molecule has 0 radical (unpaired) electrons. The number of hydrogen-bond donors (Lipinski definition) is 2. The zero-order chi connectivity index (χ0) is 26.2. The maximum atomic E-state index is 14.1. The van der Waals surface area contributed by atoms with Crippen LogP contribution in [0.3, 0.4) is 0 Å². The van der Waals surface area contributed by atoms with E-state index >= 15 is 0 Å². The smallest absolute Gasteiger partial charge is 0.200 e. The molecule has 1 saturated carbocycles. The predicted octanol–water partition coefficient (Wildman–Crippen LogP) is 3.98. The number of carbonyl (C=O) groups excluding carboxylic acids is 2. The summed E-state index contributed by atoms with van der Waals surface area (Å²) >= 11 is 0. The number of rotatable bonds is 6. The number of ketones is 2. The van der Waals surface area contributed by atoms with Crippen LogP contribution in [-0.2, 0) is 16.0 Å². The fraction of sp³-hybridized carbons (Fsp3) is 0.517. The van der Waals surface area contributed by atoms with Crippen molar-refractivity contribution < 1.29 is 29.3 Å². The third-order valence-corrected chi connectivity index (χ3v) is 8.23. The number of benzene rings is 1. The van der Waals surface area contributed by atoms with Gasteiger partial charge < -0.3 is 24.6 Å². The van der Waals surface area contributed by atoms with Crippen LogP contribution in [0.5, 0.6) is 17.2 Å². The lowest BCUT2D eigenvalue weighted by Gasteiger charge is -2.58. The second-order valence-electron chi connectivity index (χ2n) is 11.4. The van der Waals surface area contributed by atoms with Gasteiger partial charge in [0.05, 0.1) is 6.61 Å². The van der Waals surface area contributed by atoms with E-state index in [1.807, 2.05) is 58.8 Å². The molecule has 2 heterocycles. The lowest BCUT2D eigenvalue weighted by atomic mass is 9.49. The molecule has 0 unspecified atom stereocenters. The summed E-state index contributed by atoms with van der Waals surface area (Å²) in [4.78, 5) is 30.2. The van der Waals surface area contributed by atoms with Crippen molar-refractivity contribution in [2.24, 2.45) is 17.8 Å². The molecule has 1 spiro atoms. The normalized spacial score (nSPS) is 31.5. The molecule has 2 aliphatic heterocycles. The number of phenols is 2. The number of Topliss-reactive ketones (excluding diaryl/α,β-unsaturated/α-hetero) is 2. The van der Waals surface area contributed by atoms with Crippen LogP contribution in [-0.4, -0.2) is 65.1 Å². The predicted molar refractivity (Wildman–Crippen MR) is 135 cm³/mol. The Morgan fingerprint density at radius 1 is 1.14 bits per heavy atom. The Kier molecular flexibility index (Phi) is 5.72. The molecule has 1 aromatic carbocycles. The number of carbonyl (C=O) groups is 2.